The van der Waals surface area contributed by atoms with Gasteiger partial charge in [0.25, 0.3) is 0 Å². The zero-order valence-corrected chi connectivity index (χ0v) is 11.3. The lowest BCUT2D eigenvalue weighted by Gasteiger charge is -2.05. The van der Waals surface area contributed by atoms with Gasteiger partial charge < -0.3 is 15.5 Å². The van der Waals surface area contributed by atoms with E-state index in [0.717, 1.165) is 17.7 Å². The molecule has 3 nitrogen and oxygen atoms in total. The summed E-state index contributed by atoms with van der Waals surface area (Å²) in [6.45, 7) is 2.83. The number of benzene rings is 2. The Balaban J connectivity index is 2.31. The fourth-order valence-electron chi connectivity index (χ4n) is 2.68. The zero-order valence-electron chi connectivity index (χ0n) is 11.3. The van der Waals surface area contributed by atoms with Gasteiger partial charge in [-0.2, -0.15) is 0 Å². The molecule has 1 heterocycles. The molecule has 1 aromatic heterocycles. The van der Waals surface area contributed by atoms with Crippen molar-refractivity contribution in [1.82, 2.24) is 4.98 Å². The molecule has 0 fully saturated rings. The molecule has 0 bridgehead atoms. The highest BCUT2D eigenvalue weighted by Crippen LogP contribution is 2.31. The van der Waals surface area contributed by atoms with Crippen molar-refractivity contribution in [2.24, 2.45) is 5.73 Å². The second-order valence-electron chi connectivity index (χ2n) is 4.85. The summed E-state index contributed by atoms with van der Waals surface area (Å²) in [5, 5.41) is 2.45. The summed E-state index contributed by atoms with van der Waals surface area (Å²) in [5.41, 5.74) is 10.6. The number of nitrogens with one attached hydrogen (secondary N) is 1. The summed E-state index contributed by atoms with van der Waals surface area (Å²) in [6.07, 6.45) is 0.917. The topological polar surface area (TPSA) is 51.0 Å². The van der Waals surface area contributed by atoms with Gasteiger partial charge in [-0.25, -0.2) is 0 Å². The van der Waals surface area contributed by atoms with Gasteiger partial charge in [0.1, 0.15) is 5.75 Å². The van der Waals surface area contributed by atoms with Gasteiger partial charge in [0, 0.05) is 21.8 Å². The molecule has 0 aliphatic carbocycles. The van der Waals surface area contributed by atoms with E-state index in [1.54, 1.807) is 7.11 Å². The standard InChI is InChI=1S/C16H18N2O/c1-10-11(7-8-17)3-5-13-14-9-12(19-2)4-6-15(14)18-16(10)13/h3-6,9,18H,7-8,17H2,1-2H3. The number of methoxy groups -OCH3 is 1. The lowest BCUT2D eigenvalue weighted by Crippen LogP contribution is -2.04. The van der Waals surface area contributed by atoms with Crippen LogP contribution in [0.2, 0.25) is 0 Å². The van der Waals surface area contributed by atoms with Crippen LogP contribution in [0.3, 0.4) is 0 Å². The van der Waals surface area contributed by atoms with E-state index in [0.29, 0.717) is 6.54 Å². The van der Waals surface area contributed by atoms with Gasteiger partial charge in [-0.05, 0) is 49.2 Å². The van der Waals surface area contributed by atoms with E-state index >= 15 is 0 Å². The van der Waals surface area contributed by atoms with Crippen molar-refractivity contribution in [3.8, 4) is 5.75 Å². The van der Waals surface area contributed by atoms with Gasteiger partial charge in [-0.15, -0.1) is 0 Å². The molecule has 0 aliphatic rings. The molecule has 3 rings (SSSR count). The monoisotopic (exact) mass is 254 g/mol. The van der Waals surface area contributed by atoms with E-state index in [1.165, 1.54) is 27.4 Å². The number of aromatic nitrogens is 1. The smallest absolute Gasteiger partial charge is 0.119 e. The van der Waals surface area contributed by atoms with E-state index in [1.807, 2.05) is 6.07 Å². The van der Waals surface area contributed by atoms with Gasteiger partial charge in [-0.1, -0.05) is 12.1 Å². The summed E-state index contributed by atoms with van der Waals surface area (Å²) >= 11 is 0. The van der Waals surface area contributed by atoms with Crippen molar-refractivity contribution in [2.75, 3.05) is 13.7 Å². The molecule has 19 heavy (non-hydrogen) atoms. The van der Waals surface area contributed by atoms with Crippen LogP contribution in [0.5, 0.6) is 5.75 Å². The summed E-state index contributed by atoms with van der Waals surface area (Å²) < 4.78 is 5.30. The van der Waals surface area contributed by atoms with Gasteiger partial charge in [-0.3, -0.25) is 0 Å². The highest BCUT2D eigenvalue weighted by molar-refractivity contribution is 6.08. The maximum absolute atomic E-state index is 5.66. The van der Waals surface area contributed by atoms with Crippen LogP contribution in [0.4, 0.5) is 0 Å². The number of aryl methyl sites for hydroxylation is 1. The predicted molar refractivity (Wildman–Crippen MR) is 79.9 cm³/mol. The van der Waals surface area contributed by atoms with Crippen LogP contribution >= 0.6 is 0 Å². The van der Waals surface area contributed by atoms with Gasteiger partial charge in [0.15, 0.2) is 0 Å². The minimum atomic E-state index is 0.681. The number of H-pyrrole nitrogens is 1. The van der Waals surface area contributed by atoms with Crippen LogP contribution in [-0.2, 0) is 6.42 Å². The molecule has 2 aromatic carbocycles. The Morgan fingerprint density at radius 2 is 2.00 bits per heavy atom. The molecule has 98 valence electrons. The van der Waals surface area contributed by atoms with E-state index < -0.39 is 0 Å². The number of nitrogens with two attached hydrogens (primary N) is 1. The van der Waals surface area contributed by atoms with Crippen molar-refractivity contribution in [3.63, 3.8) is 0 Å². The first-order chi connectivity index (χ1) is 9.24. The van der Waals surface area contributed by atoms with Crippen LogP contribution in [0.25, 0.3) is 21.8 Å². The molecular weight excluding hydrogens is 236 g/mol. The number of fused-ring (bicyclic) bond motifs is 3. The number of rotatable bonds is 3. The number of aromatic amines is 1. The minimum absolute atomic E-state index is 0.681. The van der Waals surface area contributed by atoms with Crippen LogP contribution in [0.1, 0.15) is 11.1 Å². The molecule has 3 aromatic rings. The Morgan fingerprint density at radius 1 is 1.16 bits per heavy atom. The van der Waals surface area contributed by atoms with Gasteiger partial charge >= 0.3 is 0 Å². The van der Waals surface area contributed by atoms with Crippen LogP contribution in [0, 0.1) is 6.92 Å². The predicted octanol–water partition coefficient (Wildman–Crippen LogP) is 3.14. The fourth-order valence-corrected chi connectivity index (χ4v) is 2.68. The zero-order chi connectivity index (χ0) is 13.4. The molecule has 0 aliphatic heterocycles. The number of ether oxygens (including phenoxy) is 1. The molecule has 0 saturated carbocycles. The third kappa shape index (κ3) is 1.87. The van der Waals surface area contributed by atoms with Gasteiger partial charge in [0.2, 0.25) is 0 Å². The highest BCUT2D eigenvalue weighted by Gasteiger charge is 2.09. The van der Waals surface area contributed by atoms with Crippen molar-refractivity contribution >= 4 is 21.8 Å². The maximum Gasteiger partial charge on any atom is 0.119 e. The first kappa shape index (κ1) is 12.1. The Bertz CT molecular complexity index is 743. The highest BCUT2D eigenvalue weighted by atomic mass is 16.5. The lowest BCUT2D eigenvalue weighted by molar-refractivity contribution is 0.415. The van der Waals surface area contributed by atoms with Crippen LogP contribution < -0.4 is 10.5 Å². The van der Waals surface area contributed by atoms with Crippen molar-refractivity contribution in [1.29, 1.82) is 0 Å². The third-order valence-electron chi connectivity index (χ3n) is 3.77. The van der Waals surface area contributed by atoms with Gasteiger partial charge in [0.05, 0.1) is 7.11 Å². The first-order valence-corrected chi connectivity index (χ1v) is 6.52. The lowest BCUT2D eigenvalue weighted by atomic mass is 10.0. The summed E-state index contributed by atoms with van der Waals surface area (Å²) in [6, 6.07) is 10.5. The number of hydrogen-bond donors (Lipinski definition) is 2. The summed E-state index contributed by atoms with van der Waals surface area (Å²) in [5.74, 6) is 0.886. The fraction of sp³-hybridized carbons (Fsp3) is 0.250. The Morgan fingerprint density at radius 3 is 2.74 bits per heavy atom. The summed E-state index contributed by atoms with van der Waals surface area (Å²) in [4.78, 5) is 3.50. The quantitative estimate of drug-likeness (QED) is 0.754. The maximum atomic E-state index is 5.66. The SMILES string of the molecule is COc1ccc2[nH]c3c(C)c(CCN)ccc3c2c1. The van der Waals surface area contributed by atoms with Crippen molar-refractivity contribution in [3.05, 3.63) is 41.5 Å². The first-order valence-electron chi connectivity index (χ1n) is 6.52. The number of hydrogen-bond acceptors (Lipinski definition) is 2. The average molecular weight is 254 g/mol. The second-order valence-corrected chi connectivity index (χ2v) is 4.85. The third-order valence-corrected chi connectivity index (χ3v) is 3.77. The van der Waals surface area contributed by atoms with E-state index in [2.05, 4.69) is 36.2 Å². The molecule has 0 saturated heterocycles. The Kier molecular flexibility index (Phi) is 2.91. The van der Waals surface area contributed by atoms with Crippen molar-refractivity contribution in [2.45, 2.75) is 13.3 Å². The van der Waals surface area contributed by atoms with Crippen molar-refractivity contribution < 1.29 is 4.74 Å². The molecule has 0 amide bonds. The molecule has 0 atom stereocenters. The largest absolute Gasteiger partial charge is 0.497 e. The average Bonchev–Trinajstić information content (AvgIpc) is 2.80. The van der Waals surface area contributed by atoms with E-state index in [9.17, 15) is 0 Å². The molecule has 0 radical (unpaired) electrons. The summed E-state index contributed by atoms with van der Waals surface area (Å²) in [7, 11) is 1.70. The van der Waals surface area contributed by atoms with E-state index in [-0.39, 0.29) is 0 Å². The Labute approximate surface area is 112 Å². The molecular formula is C16H18N2O. The van der Waals surface area contributed by atoms with E-state index in [4.69, 9.17) is 10.5 Å². The normalized spacial score (nSPS) is 11.3. The Hall–Kier alpha value is -2.00. The molecule has 0 spiro atoms. The molecule has 0 unspecified atom stereocenters. The molecule has 3 N–H and O–H groups in total. The van der Waals surface area contributed by atoms with Crippen LogP contribution in [-0.4, -0.2) is 18.6 Å². The minimum Gasteiger partial charge on any atom is -0.497 e. The van der Waals surface area contributed by atoms with Crippen LogP contribution in [0.15, 0.2) is 30.3 Å². The second kappa shape index (κ2) is 4.59. The molecule has 3 heteroatoms.